The van der Waals surface area contributed by atoms with E-state index < -0.39 is 5.54 Å². The molecule has 1 atom stereocenters. The zero-order valence-corrected chi connectivity index (χ0v) is 8.97. The number of amides is 1. The van der Waals surface area contributed by atoms with Gasteiger partial charge in [-0.25, -0.2) is 0 Å². The van der Waals surface area contributed by atoms with Crippen LogP contribution in [0.3, 0.4) is 0 Å². The molecular weight excluding hydrogens is 180 g/mol. The third kappa shape index (κ3) is 2.69. The van der Waals surface area contributed by atoms with Crippen molar-refractivity contribution in [3.05, 3.63) is 0 Å². The Hall–Kier alpha value is -0.610. The van der Waals surface area contributed by atoms with E-state index in [1.807, 2.05) is 13.8 Å². The molecule has 4 heteroatoms. The Morgan fingerprint density at radius 2 is 2.36 bits per heavy atom. The Morgan fingerprint density at radius 3 is 2.79 bits per heavy atom. The van der Waals surface area contributed by atoms with E-state index in [2.05, 4.69) is 10.6 Å². The van der Waals surface area contributed by atoms with Crippen molar-refractivity contribution in [1.29, 1.82) is 0 Å². The van der Waals surface area contributed by atoms with Crippen molar-refractivity contribution in [2.75, 3.05) is 19.7 Å². The summed E-state index contributed by atoms with van der Waals surface area (Å²) in [6.45, 7) is 5.37. The first-order valence-corrected chi connectivity index (χ1v) is 5.23. The largest absolute Gasteiger partial charge is 0.394 e. The number of nitrogens with one attached hydrogen (secondary N) is 2. The zero-order chi connectivity index (χ0) is 10.6. The average Bonchev–Trinajstić information content (AvgIpc) is 2.19. The van der Waals surface area contributed by atoms with Crippen LogP contribution in [0.25, 0.3) is 0 Å². The van der Waals surface area contributed by atoms with Gasteiger partial charge in [-0.2, -0.15) is 0 Å². The van der Waals surface area contributed by atoms with Crippen molar-refractivity contribution in [3.63, 3.8) is 0 Å². The minimum atomic E-state index is -0.431. The quantitative estimate of drug-likeness (QED) is 0.595. The van der Waals surface area contributed by atoms with E-state index in [-0.39, 0.29) is 18.4 Å². The van der Waals surface area contributed by atoms with Gasteiger partial charge in [0.15, 0.2) is 0 Å². The lowest BCUT2D eigenvalue weighted by Crippen LogP contribution is -2.60. The molecular formula is C10H20N2O2. The van der Waals surface area contributed by atoms with Gasteiger partial charge in [-0.3, -0.25) is 4.79 Å². The van der Waals surface area contributed by atoms with Gasteiger partial charge in [-0.15, -0.1) is 0 Å². The van der Waals surface area contributed by atoms with Crippen LogP contribution in [0.15, 0.2) is 0 Å². The number of aliphatic hydroxyl groups is 1. The van der Waals surface area contributed by atoms with Crippen molar-refractivity contribution in [2.24, 2.45) is 5.92 Å². The van der Waals surface area contributed by atoms with E-state index in [1.54, 1.807) is 0 Å². The maximum atomic E-state index is 11.5. The van der Waals surface area contributed by atoms with Gasteiger partial charge in [0, 0.05) is 12.5 Å². The second-order valence-electron chi connectivity index (χ2n) is 4.36. The van der Waals surface area contributed by atoms with Crippen LogP contribution in [0.1, 0.15) is 26.7 Å². The van der Waals surface area contributed by atoms with E-state index in [1.165, 1.54) is 0 Å². The molecule has 0 spiro atoms. The lowest BCUT2D eigenvalue weighted by molar-refractivity contribution is -0.126. The van der Waals surface area contributed by atoms with Crippen LogP contribution in [-0.2, 0) is 4.79 Å². The van der Waals surface area contributed by atoms with Crippen molar-refractivity contribution < 1.29 is 9.90 Å². The molecule has 0 aliphatic carbocycles. The van der Waals surface area contributed by atoms with Gasteiger partial charge in [0.05, 0.1) is 12.1 Å². The molecule has 0 aromatic rings. The number of carbonyl (C=O) groups is 1. The summed E-state index contributed by atoms with van der Waals surface area (Å²) >= 11 is 0. The first kappa shape index (κ1) is 11.5. The lowest BCUT2D eigenvalue weighted by atomic mass is 9.90. The molecule has 1 saturated heterocycles. The molecule has 1 heterocycles. The van der Waals surface area contributed by atoms with Crippen LogP contribution >= 0.6 is 0 Å². The predicted molar refractivity (Wildman–Crippen MR) is 54.9 cm³/mol. The Kier molecular flexibility index (Phi) is 3.89. The van der Waals surface area contributed by atoms with E-state index >= 15 is 0 Å². The van der Waals surface area contributed by atoms with E-state index in [9.17, 15) is 9.90 Å². The molecule has 1 unspecified atom stereocenters. The molecule has 1 aliphatic heterocycles. The third-order valence-corrected chi connectivity index (χ3v) is 2.69. The molecule has 4 nitrogen and oxygen atoms in total. The lowest BCUT2D eigenvalue weighted by Gasteiger charge is -2.37. The monoisotopic (exact) mass is 200 g/mol. The first-order chi connectivity index (χ1) is 6.59. The summed E-state index contributed by atoms with van der Waals surface area (Å²) in [6.07, 6.45) is 1.86. The third-order valence-electron chi connectivity index (χ3n) is 2.69. The summed E-state index contributed by atoms with van der Waals surface area (Å²) in [5.74, 6) is -0.0110. The minimum Gasteiger partial charge on any atom is -0.394 e. The SMILES string of the molecule is CC(C)C(=O)NC1(CO)CCCNC1. The molecule has 0 aromatic heterocycles. The fourth-order valence-electron chi connectivity index (χ4n) is 1.65. The summed E-state index contributed by atoms with van der Waals surface area (Å²) in [4.78, 5) is 11.5. The summed E-state index contributed by atoms with van der Waals surface area (Å²) in [5, 5.41) is 15.4. The number of hydrogen-bond acceptors (Lipinski definition) is 3. The number of carbonyl (C=O) groups excluding carboxylic acids is 1. The second kappa shape index (κ2) is 4.75. The molecule has 1 amide bonds. The second-order valence-corrected chi connectivity index (χ2v) is 4.36. The highest BCUT2D eigenvalue weighted by atomic mass is 16.3. The maximum absolute atomic E-state index is 11.5. The zero-order valence-electron chi connectivity index (χ0n) is 8.97. The van der Waals surface area contributed by atoms with Crippen LogP contribution in [-0.4, -0.2) is 36.2 Å². The number of aliphatic hydroxyl groups excluding tert-OH is 1. The van der Waals surface area contributed by atoms with Gasteiger partial charge in [0.2, 0.25) is 5.91 Å². The molecule has 0 radical (unpaired) electrons. The highest BCUT2D eigenvalue weighted by Gasteiger charge is 2.33. The summed E-state index contributed by atoms with van der Waals surface area (Å²) in [6, 6.07) is 0. The van der Waals surface area contributed by atoms with Crippen LogP contribution in [0, 0.1) is 5.92 Å². The Morgan fingerprint density at radius 1 is 1.64 bits per heavy atom. The Bertz CT molecular complexity index is 198. The fourth-order valence-corrected chi connectivity index (χ4v) is 1.65. The van der Waals surface area contributed by atoms with Gasteiger partial charge >= 0.3 is 0 Å². The number of piperidine rings is 1. The molecule has 3 N–H and O–H groups in total. The normalized spacial score (nSPS) is 27.7. The molecule has 14 heavy (non-hydrogen) atoms. The summed E-state index contributed by atoms with van der Waals surface area (Å²) in [5.41, 5.74) is -0.431. The first-order valence-electron chi connectivity index (χ1n) is 5.23. The van der Waals surface area contributed by atoms with Gasteiger partial charge in [0.25, 0.3) is 0 Å². The van der Waals surface area contributed by atoms with Crippen molar-refractivity contribution in [1.82, 2.24) is 10.6 Å². The standard InChI is InChI=1S/C10H20N2O2/c1-8(2)9(14)12-10(7-13)4-3-5-11-6-10/h8,11,13H,3-7H2,1-2H3,(H,12,14). The molecule has 0 aromatic carbocycles. The Labute approximate surface area is 85.1 Å². The van der Waals surface area contributed by atoms with E-state index in [0.717, 1.165) is 19.4 Å². The molecule has 1 aliphatic rings. The number of hydrogen-bond donors (Lipinski definition) is 3. The topological polar surface area (TPSA) is 61.4 Å². The van der Waals surface area contributed by atoms with Gasteiger partial charge in [-0.1, -0.05) is 13.8 Å². The van der Waals surface area contributed by atoms with Crippen LogP contribution < -0.4 is 10.6 Å². The van der Waals surface area contributed by atoms with Crippen molar-refractivity contribution in [2.45, 2.75) is 32.2 Å². The van der Waals surface area contributed by atoms with Crippen LogP contribution in [0.5, 0.6) is 0 Å². The van der Waals surface area contributed by atoms with Gasteiger partial charge < -0.3 is 15.7 Å². The van der Waals surface area contributed by atoms with E-state index in [4.69, 9.17) is 0 Å². The smallest absolute Gasteiger partial charge is 0.223 e. The summed E-state index contributed by atoms with van der Waals surface area (Å²) in [7, 11) is 0. The maximum Gasteiger partial charge on any atom is 0.223 e. The molecule has 1 fully saturated rings. The van der Waals surface area contributed by atoms with Crippen molar-refractivity contribution in [3.8, 4) is 0 Å². The molecule has 0 saturated carbocycles. The fraction of sp³-hybridized carbons (Fsp3) is 0.900. The van der Waals surface area contributed by atoms with Gasteiger partial charge in [-0.05, 0) is 19.4 Å². The predicted octanol–water partition coefficient (Wildman–Crippen LogP) is -0.127. The van der Waals surface area contributed by atoms with E-state index in [0.29, 0.717) is 6.54 Å². The van der Waals surface area contributed by atoms with Crippen LogP contribution in [0.2, 0.25) is 0 Å². The van der Waals surface area contributed by atoms with Crippen LogP contribution in [0.4, 0.5) is 0 Å². The molecule has 0 bridgehead atoms. The molecule has 82 valence electrons. The summed E-state index contributed by atoms with van der Waals surface area (Å²) < 4.78 is 0. The Balaban J connectivity index is 2.56. The number of rotatable bonds is 3. The highest BCUT2D eigenvalue weighted by Crippen LogP contribution is 2.16. The average molecular weight is 200 g/mol. The minimum absolute atomic E-state index is 0.0124. The molecule has 1 rings (SSSR count). The van der Waals surface area contributed by atoms with Gasteiger partial charge in [0.1, 0.15) is 0 Å². The van der Waals surface area contributed by atoms with Crippen molar-refractivity contribution >= 4 is 5.91 Å². The highest BCUT2D eigenvalue weighted by molar-refractivity contribution is 5.78.